The summed E-state index contributed by atoms with van der Waals surface area (Å²) in [6, 6.07) is 0. The lowest BCUT2D eigenvalue weighted by Crippen LogP contribution is -2.24. The summed E-state index contributed by atoms with van der Waals surface area (Å²) in [5.41, 5.74) is 0. The van der Waals surface area contributed by atoms with E-state index in [1.165, 1.54) is 0 Å². The molecule has 3 nitrogen and oxygen atoms in total. The van der Waals surface area contributed by atoms with E-state index in [1.54, 1.807) is 0 Å². The molecule has 0 saturated carbocycles. The highest BCUT2D eigenvalue weighted by molar-refractivity contribution is 5.74. The van der Waals surface area contributed by atoms with Crippen molar-refractivity contribution in [3.05, 3.63) is 0 Å². The Morgan fingerprint density at radius 1 is 1.50 bits per heavy atom. The first-order valence-electron chi connectivity index (χ1n) is 4.42. The van der Waals surface area contributed by atoms with Crippen LogP contribution in [-0.4, -0.2) is 23.8 Å². The molecule has 0 rings (SSSR count). The molecule has 72 valence electrons. The van der Waals surface area contributed by atoms with Crippen LogP contribution in [0.4, 0.5) is 0 Å². The Morgan fingerprint density at radius 2 is 2.08 bits per heavy atom. The second-order valence-electron chi connectivity index (χ2n) is 3.31. The van der Waals surface area contributed by atoms with Crippen molar-refractivity contribution in [2.75, 3.05) is 6.61 Å². The van der Waals surface area contributed by atoms with Crippen molar-refractivity contribution in [2.45, 2.75) is 39.7 Å². The van der Waals surface area contributed by atoms with Crippen LogP contribution in [0.25, 0.3) is 0 Å². The highest BCUT2D eigenvalue weighted by Crippen LogP contribution is 2.05. The topological polar surface area (TPSA) is 46.5 Å². The Kier molecular flexibility index (Phi) is 5.72. The van der Waals surface area contributed by atoms with E-state index in [0.717, 1.165) is 6.42 Å². The third-order valence-corrected chi connectivity index (χ3v) is 1.42. The molecule has 0 spiro atoms. The second kappa shape index (κ2) is 6.00. The van der Waals surface area contributed by atoms with Crippen molar-refractivity contribution < 1.29 is 14.6 Å². The van der Waals surface area contributed by atoms with Gasteiger partial charge in [-0.05, 0) is 18.8 Å². The van der Waals surface area contributed by atoms with Crippen molar-refractivity contribution in [2.24, 2.45) is 5.92 Å². The van der Waals surface area contributed by atoms with Gasteiger partial charge >= 0.3 is 5.97 Å². The molecule has 0 aromatic carbocycles. The van der Waals surface area contributed by atoms with Gasteiger partial charge in [-0.1, -0.05) is 20.8 Å². The minimum absolute atomic E-state index is 0.314. The third kappa shape index (κ3) is 5.13. The number of aliphatic hydroxyl groups is 1. The van der Waals surface area contributed by atoms with E-state index in [1.807, 2.05) is 20.8 Å². The number of hydrogen-bond acceptors (Lipinski definition) is 3. The minimum atomic E-state index is -0.948. The van der Waals surface area contributed by atoms with Crippen molar-refractivity contribution in [1.29, 1.82) is 0 Å². The van der Waals surface area contributed by atoms with E-state index in [0.29, 0.717) is 18.9 Å². The Hall–Kier alpha value is -0.570. The normalized spacial score (nSPS) is 13.1. The summed E-state index contributed by atoms with van der Waals surface area (Å²) in [4.78, 5) is 11.0. The zero-order chi connectivity index (χ0) is 9.56. The summed E-state index contributed by atoms with van der Waals surface area (Å²) < 4.78 is 4.76. The molecule has 0 aromatic heterocycles. The van der Waals surface area contributed by atoms with Gasteiger partial charge in [-0.2, -0.15) is 0 Å². The Bertz CT molecular complexity index is 132. The van der Waals surface area contributed by atoms with Crippen molar-refractivity contribution >= 4 is 5.97 Å². The van der Waals surface area contributed by atoms with Gasteiger partial charge in [-0.15, -0.1) is 0 Å². The fraction of sp³-hybridized carbons (Fsp3) is 0.889. The molecule has 3 heteroatoms. The summed E-state index contributed by atoms with van der Waals surface area (Å²) in [5.74, 6) is -0.181. The van der Waals surface area contributed by atoms with Crippen molar-refractivity contribution in [3.63, 3.8) is 0 Å². The highest BCUT2D eigenvalue weighted by atomic mass is 16.5. The average molecular weight is 174 g/mol. The van der Waals surface area contributed by atoms with E-state index in [-0.39, 0.29) is 0 Å². The number of hydrogen-bond donors (Lipinski definition) is 1. The number of rotatable bonds is 5. The zero-order valence-electron chi connectivity index (χ0n) is 8.04. The maximum absolute atomic E-state index is 11.0. The van der Waals surface area contributed by atoms with Crippen molar-refractivity contribution in [3.8, 4) is 0 Å². The first kappa shape index (κ1) is 11.4. The van der Waals surface area contributed by atoms with Crippen LogP contribution in [-0.2, 0) is 9.53 Å². The second-order valence-corrected chi connectivity index (χ2v) is 3.31. The van der Waals surface area contributed by atoms with Crippen LogP contribution in [0.3, 0.4) is 0 Å². The average Bonchev–Trinajstić information content (AvgIpc) is 1.98. The molecule has 0 aliphatic carbocycles. The molecule has 1 atom stereocenters. The summed E-state index contributed by atoms with van der Waals surface area (Å²) in [6.07, 6.45) is 0.319. The Balaban J connectivity index is 3.61. The molecule has 0 saturated heterocycles. The summed E-state index contributed by atoms with van der Waals surface area (Å²) >= 11 is 0. The van der Waals surface area contributed by atoms with Gasteiger partial charge in [-0.25, -0.2) is 4.79 Å². The molecular weight excluding hydrogens is 156 g/mol. The van der Waals surface area contributed by atoms with Gasteiger partial charge in [-0.3, -0.25) is 0 Å². The van der Waals surface area contributed by atoms with Gasteiger partial charge in [0.2, 0.25) is 0 Å². The largest absolute Gasteiger partial charge is 0.464 e. The fourth-order valence-corrected chi connectivity index (χ4v) is 0.842. The lowest BCUT2D eigenvalue weighted by Gasteiger charge is -2.11. The molecule has 0 aliphatic rings. The van der Waals surface area contributed by atoms with Gasteiger partial charge in [0.15, 0.2) is 6.10 Å². The molecule has 1 unspecified atom stereocenters. The molecular formula is C9H18O3. The number of carbonyl (C=O) groups excluding carboxylic acids is 1. The number of aliphatic hydroxyl groups excluding tert-OH is 1. The maximum Gasteiger partial charge on any atom is 0.334 e. The SMILES string of the molecule is CCCOC(=O)C(O)CC(C)C. The minimum Gasteiger partial charge on any atom is -0.464 e. The lowest BCUT2D eigenvalue weighted by atomic mass is 10.1. The quantitative estimate of drug-likeness (QED) is 0.640. The van der Waals surface area contributed by atoms with Crippen LogP contribution < -0.4 is 0 Å². The molecule has 0 fully saturated rings. The van der Waals surface area contributed by atoms with Crippen molar-refractivity contribution in [1.82, 2.24) is 0 Å². The molecule has 0 aromatic rings. The number of ether oxygens (including phenoxy) is 1. The molecule has 0 heterocycles. The van der Waals surface area contributed by atoms with Crippen LogP contribution in [0.15, 0.2) is 0 Å². The Morgan fingerprint density at radius 3 is 2.50 bits per heavy atom. The standard InChI is InChI=1S/C9H18O3/c1-4-5-12-9(11)8(10)6-7(2)3/h7-8,10H,4-6H2,1-3H3. The predicted octanol–water partition coefficient (Wildman–Crippen LogP) is 1.35. The number of carbonyl (C=O) groups is 1. The maximum atomic E-state index is 11.0. The molecule has 0 aliphatic heterocycles. The molecule has 0 bridgehead atoms. The van der Waals surface area contributed by atoms with E-state index in [9.17, 15) is 9.90 Å². The van der Waals surface area contributed by atoms with Crippen LogP contribution in [0, 0.1) is 5.92 Å². The van der Waals surface area contributed by atoms with Crippen LogP contribution >= 0.6 is 0 Å². The van der Waals surface area contributed by atoms with Gasteiger partial charge in [0.1, 0.15) is 0 Å². The van der Waals surface area contributed by atoms with Gasteiger partial charge < -0.3 is 9.84 Å². The Labute approximate surface area is 73.7 Å². The molecule has 1 N–H and O–H groups in total. The zero-order valence-corrected chi connectivity index (χ0v) is 8.04. The fourth-order valence-electron chi connectivity index (χ4n) is 0.842. The third-order valence-electron chi connectivity index (χ3n) is 1.42. The van der Waals surface area contributed by atoms with Gasteiger partial charge in [0.25, 0.3) is 0 Å². The monoisotopic (exact) mass is 174 g/mol. The van der Waals surface area contributed by atoms with Gasteiger partial charge in [0.05, 0.1) is 6.61 Å². The highest BCUT2D eigenvalue weighted by Gasteiger charge is 2.17. The summed E-state index contributed by atoms with van der Waals surface area (Å²) in [6.45, 7) is 6.22. The molecule has 0 amide bonds. The molecule has 12 heavy (non-hydrogen) atoms. The van der Waals surface area contributed by atoms with E-state index >= 15 is 0 Å². The van der Waals surface area contributed by atoms with E-state index in [4.69, 9.17) is 4.74 Å². The first-order chi connectivity index (χ1) is 5.57. The van der Waals surface area contributed by atoms with Gasteiger partial charge in [0, 0.05) is 0 Å². The number of esters is 1. The van der Waals surface area contributed by atoms with Crippen LogP contribution in [0.2, 0.25) is 0 Å². The summed E-state index contributed by atoms with van der Waals surface area (Å²) in [5, 5.41) is 9.24. The van der Waals surface area contributed by atoms with E-state index < -0.39 is 12.1 Å². The van der Waals surface area contributed by atoms with E-state index in [2.05, 4.69) is 0 Å². The molecule has 0 radical (unpaired) electrons. The first-order valence-corrected chi connectivity index (χ1v) is 4.42. The smallest absolute Gasteiger partial charge is 0.334 e. The predicted molar refractivity (Wildman–Crippen MR) is 46.7 cm³/mol. The van der Waals surface area contributed by atoms with Crippen LogP contribution in [0.5, 0.6) is 0 Å². The van der Waals surface area contributed by atoms with Crippen LogP contribution in [0.1, 0.15) is 33.6 Å². The lowest BCUT2D eigenvalue weighted by molar-refractivity contribution is -0.154. The summed E-state index contributed by atoms with van der Waals surface area (Å²) in [7, 11) is 0.